The first-order valence-electron chi connectivity index (χ1n) is 5.66. The number of anilines is 1. The van der Waals surface area contributed by atoms with Gasteiger partial charge in [0, 0.05) is 5.56 Å². The summed E-state index contributed by atoms with van der Waals surface area (Å²) >= 11 is 1.15. The highest BCUT2D eigenvalue weighted by molar-refractivity contribution is 7.18. The number of nitrogens with two attached hydrogens (primary N) is 1. The lowest BCUT2D eigenvalue weighted by molar-refractivity contribution is -0.137. The highest BCUT2D eigenvalue weighted by atomic mass is 32.1. The summed E-state index contributed by atoms with van der Waals surface area (Å²) in [5.41, 5.74) is 4.94. The van der Waals surface area contributed by atoms with Crippen LogP contribution in [0.25, 0.3) is 22.2 Å². The third-order valence-corrected chi connectivity index (χ3v) is 3.42. The van der Waals surface area contributed by atoms with Gasteiger partial charge in [-0.1, -0.05) is 28.6 Å². The third-order valence-electron chi connectivity index (χ3n) is 2.61. The van der Waals surface area contributed by atoms with E-state index in [4.69, 9.17) is 10.3 Å². The quantitative estimate of drug-likeness (QED) is 0.784. The van der Waals surface area contributed by atoms with Gasteiger partial charge < -0.3 is 10.3 Å². The lowest BCUT2D eigenvalue weighted by Crippen LogP contribution is -2.04. The topological polar surface area (TPSA) is 77.8 Å². The maximum absolute atomic E-state index is 12.7. The molecule has 0 saturated carbocycles. The van der Waals surface area contributed by atoms with E-state index in [1.165, 1.54) is 18.3 Å². The van der Waals surface area contributed by atoms with Crippen LogP contribution in [-0.4, -0.2) is 15.1 Å². The van der Waals surface area contributed by atoms with Crippen molar-refractivity contribution in [3.05, 3.63) is 36.0 Å². The predicted octanol–water partition coefficient (Wildman–Crippen LogP) is 3.46. The zero-order chi connectivity index (χ0) is 15.0. The highest BCUT2D eigenvalue weighted by Crippen LogP contribution is 2.32. The first kappa shape index (κ1) is 13.6. The molecule has 0 spiro atoms. The van der Waals surface area contributed by atoms with E-state index in [-0.39, 0.29) is 17.3 Å². The standard InChI is InChI=1S/C12H7F3N4OS/c13-12(14,15)7-3-1-2-6(4-7)9-18-10(20-19-9)8-5-17-11(16)21-8/h1-5H,(H2,16,17). The highest BCUT2D eigenvalue weighted by Gasteiger charge is 2.30. The van der Waals surface area contributed by atoms with Crippen LogP contribution in [0.1, 0.15) is 5.56 Å². The Morgan fingerprint density at radius 2 is 2.05 bits per heavy atom. The van der Waals surface area contributed by atoms with Gasteiger partial charge >= 0.3 is 6.18 Å². The predicted molar refractivity (Wildman–Crippen MR) is 70.3 cm³/mol. The lowest BCUT2D eigenvalue weighted by Gasteiger charge is -2.06. The Labute approximate surface area is 120 Å². The zero-order valence-corrected chi connectivity index (χ0v) is 11.1. The second-order valence-corrected chi connectivity index (χ2v) is 5.13. The monoisotopic (exact) mass is 312 g/mol. The van der Waals surface area contributed by atoms with E-state index in [2.05, 4.69) is 15.1 Å². The second kappa shape index (κ2) is 4.85. The Kier molecular flexibility index (Phi) is 3.13. The van der Waals surface area contributed by atoms with E-state index in [1.54, 1.807) is 0 Å². The Morgan fingerprint density at radius 3 is 2.71 bits per heavy atom. The largest absolute Gasteiger partial charge is 0.416 e. The number of alkyl halides is 3. The van der Waals surface area contributed by atoms with E-state index in [9.17, 15) is 13.2 Å². The molecule has 108 valence electrons. The van der Waals surface area contributed by atoms with Gasteiger partial charge in [0.05, 0.1) is 11.8 Å². The zero-order valence-electron chi connectivity index (χ0n) is 10.3. The van der Waals surface area contributed by atoms with Crippen LogP contribution < -0.4 is 5.73 Å². The molecule has 2 N–H and O–H groups in total. The first-order valence-corrected chi connectivity index (χ1v) is 6.48. The summed E-state index contributed by atoms with van der Waals surface area (Å²) in [5.74, 6) is 0.236. The fourth-order valence-corrected chi connectivity index (χ4v) is 2.27. The van der Waals surface area contributed by atoms with Crippen LogP contribution in [0, 0.1) is 0 Å². The summed E-state index contributed by atoms with van der Waals surface area (Å²) in [6, 6.07) is 4.72. The molecule has 2 aromatic heterocycles. The molecule has 0 radical (unpaired) electrons. The molecule has 0 fully saturated rings. The van der Waals surface area contributed by atoms with Crippen molar-refractivity contribution in [3.63, 3.8) is 0 Å². The van der Waals surface area contributed by atoms with Crippen LogP contribution in [0.2, 0.25) is 0 Å². The van der Waals surface area contributed by atoms with Crippen LogP contribution in [0.5, 0.6) is 0 Å². The maximum Gasteiger partial charge on any atom is 0.416 e. The number of nitrogens with zero attached hydrogens (tertiary/aromatic N) is 3. The summed E-state index contributed by atoms with van der Waals surface area (Å²) in [6.07, 6.45) is -2.96. The molecule has 3 aromatic rings. The molecule has 5 nitrogen and oxygen atoms in total. The molecule has 0 unspecified atom stereocenters. The Morgan fingerprint density at radius 1 is 1.24 bits per heavy atom. The lowest BCUT2D eigenvalue weighted by atomic mass is 10.1. The number of thiazole rings is 1. The smallest absolute Gasteiger partial charge is 0.375 e. The number of hydrogen-bond acceptors (Lipinski definition) is 6. The van der Waals surface area contributed by atoms with E-state index in [1.807, 2.05) is 0 Å². The fourth-order valence-electron chi connectivity index (χ4n) is 1.66. The summed E-state index contributed by atoms with van der Waals surface area (Å²) in [4.78, 5) is 8.45. The van der Waals surface area contributed by atoms with Crippen molar-refractivity contribution in [1.29, 1.82) is 0 Å². The van der Waals surface area contributed by atoms with Gasteiger partial charge in [0.25, 0.3) is 5.89 Å². The minimum absolute atomic E-state index is 0.0723. The van der Waals surface area contributed by atoms with E-state index in [0.29, 0.717) is 10.0 Å². The van der Waals surface area contributed by atoms with Gasteiger partial charge in [-0.3, -0.25) is 0 Å². The van der Waals surface area contributed by atoms with Crippen molar-refractivity contribution in [3.8, 4) is 22.2 Å². The van der Waals surface area contributed by atoms with Crippen LogP contribution in [0.3, 0.4) is 0 Å². The number of aromatic nitrogens is 3. The van der Waals surface area contributed by atoms with Crippen molar-refractivity contribution in [2.75, 3.05) is 5.73 Å². The molecule has 0 amide bonds. The normalized spacial score (nSPS) is 11.8. The summed E-state index contributed by atoms with van der Waals surface area (Å²) in [5, 5.41) is 4.02. The number of nitrogen functional groups attached to an aromatic ring is 1. The van der Waals surface area contributed by atoms with Gasteiger partial charge in [0.1, 0.15) is 4.88 Å². The van der Waals surface area contributed by atoms with E-state index < -0.39 is 11.7 Å². The van der Waals surface area contributed by atoms with Crippen LogP contribution in [-0.2, 0) is 6.18 Å². The SMILES string of the molecule is Nc1ncc(-c2nc(-c3cccc(C(F)(F)F)c3)no2)s1. The number of benzene rings is 1. The van der Waals surface area contributed by atoms with Crippen molar-refractivity contribution >= 4 is 16.5 Å². The average molecular weight is 312 g/mol. The molecule has 0 aliphatic rings. The van der Waals surface area contributed by atoms with Crippen LogP contribution in [0.15, 0.2) is 35.0 Å². The fraction of sp³-hybridized carbons (Fsp3) is 0.0833. The van der Waals surface area contributed by atoms with Gasteiger partial charge in [0.15, 0.2) is 5.13 Å². The Hall–Kier alpha value is -2.42. The van der Waals surface area contributed by atoms with Crippen molar-refractivity contribution in [1.82, 2.24) is 15.1 Å². The molecule has 0 atom stereocenters. The van der Waals surface area contributed by atoms with Gasteiger partial charge in [-0.2, -0.15) is 18.2 Å². The average Bonchev–Trinajstić information content (AvgIpc) is 3.06. The van der Waals surface area contributed by atoms with E-state index in [0.717, 1.165) is 23.5 Å². The number of hydrogen-bond donors (Lipinski definition) is 1. The van der Waals surface area contributed by atoms with Gasteiger partial charge in [0.2, 0.25) is 5.82 Å². The number of rotatable bonds is 2. The molecule has 9 heteroatoms. The summed E-state index contributed by atoms with van der Waals surface area (Å²) in [6.45, 7) is 0. The maximum atomic E-state index is 12.7. The molecule has 0 aliphatic carbocycles. The molecule has 1 aromatic carbocycles. The molecule has 0 saturated heterocycles. The molecular formula is C12H7F3N4OS. The minimum atomic E-state index is -4.42. The molecule has 2 heterocycles. The molecule has 0 bridgehead atoms. The molecular weight excluding hydrogens is 305 g/mol. The Bertz CT molecular complexity index is 781. The summed E-state index contributed by atoms with van der Waals surface area (Å²) < 4.78 is 43.0. The van der Waals surface area contributed by atoms with Gasteiger partial charge in [-0.25, -0.2) is 4.98 Å². The van der Waals surface area contributed by atoms with Crippen molar-refractivity contribution < 1.29 is 17.7 Å². The minimum Gasteiger partial charge on any atom is -0.375 e. The molecule has 3 rings (SSSR count). The van der Waals surface area contributed by atoms with Gasteiger partial charge in [-0.15, -0.1) is 0 Å². The molecule has 21 heavy (non-hydrogen) atoms. The first-order chi connectivity index (χ1) is 9.93. The van der Waals surface area contributed by atoms with Crippen molar-refractivity contribution in [2.24, 2.45) is 0 Å². The van der Waals surface area contributed by atoms with Gasteiger partial charge in [-0.05, 0) is 12.1 Å². The number of halogens is 3. The van der Waals surface area contributed by atoms with Crippen LogP contribution >= 0.6 is 11.3 Å². The molecule has 0 aliphatic heterocycles. The van der Waals surface area contributed by atoms with E-state index >= 15 is 0 Å². The third kappa shape index (κ3) is 2.72. The van der Waals surface area contributed by atoms with Crippen molar-refractivity contribution in [2.45, 2.75) is 6.18 Å². The van der Waals surface area contributed by atoms with Crippen LogP contribution in [0.4, 0.5) is 18.3 Å². The second-order valence-electron chi connectivity index (χ2n) is 4.06. The summed E-state index contributed by atoms with van der Waals surface area (Å²) in [7, 11) is 0. The Balaban J connectivity index is 1.97.